The second-order valence-corrected chi connectivity index (χ2v) is 9.17. The molecule has 2 aromatic rings. The van der Waals surface area contributed by atoms with Crippen LogP contribution in [0.3, 0.4) is 0 Å². The van der Waals surface area contributed by atoms with Crippen molar-refractivity contribution in [2.45, 2.75) is 25.4 Å². The SMILES string of the molecule is C=C(NC(=O)C(=C)N1Cc2c(cccc2-c2ccc3c(c2)OCC(=O)N3C)C1=O)C(=O)N(C)C1CC1. The van der Waals surface area contributed by atoms with Gasteiger partial charge in [-0.1, -0.05) is 31.4 Å². The molecule has 1 saturated carbocycles. The second kappa shape index (κ2) is 8.67. The molecule has 1 N–H and O–H groups in total. The third-order valence-electron chi connectivity index (χ3n) is 6.85. The van der Waals surface area contributed by atoms with Gasteiger partial charge in [0.15, 0.2) is 6.61 Å². The summed E-state index contributed by atoms with van der Waals surface area (Å²) in [5, 5.41) is 2.49. The Morgan fingerprint density at radius 1 is 1.11 bits per heavy atom. The Morgan fingerprint density at radius 2 is 1.83 bits per heavy atom. The van der Waals surface area contributed by atoms with E-state index in [9.17, 15) is 19.2 Å². The van der Waals surface area contributed by atoms with E-state index >= 15 is 0 Å². The van der Waals surface area contributed by atoms with E-state index in [4.69, 9.17) is 4.74 Å². The molecule has 0 aromatic heterocycles. The van der Waals surface area contributed by atoms with Crippen LogP contribution in [0, 0.1) is 0 Å². The number of rotatable bonds is 6. The quantitative estimate of drug-likeness (QED) is 0.633. The molecular formula is C27H26N4O5. The predicted molar refractivity (Wildman–Crippen MR) is 133 cm³/mol. The molecule has 9 heteroatoms. The van der Waals surface area contributed by atoms with Gasteiger partial charge in [-0.2, -0.15) is 0 Å². The molecule has 2 aliphatic heterocycles. The van der Waals surface area contributed by atoms with E-state index in [2.05, 4.69) is 18.5 Å². The predicted octanol–water partition coefficient (Wildman–Crippen LogP) is 2.43. The Hall–Kier alpha value is -4.40. The van der Waals surface area contributed by atoms with E-state index in [-0.39, 0.29) is 48.3 Å². The van der Waals surface area contributed by atoms with Crippen LogP contribution in [-0.4, -0.2) is 60.2 Å². The molecule has 1 aliphatic carbocycles. The van der Waals surface area contributed by atoms with Crippen LogP contribution >= 0.6 is 0 Å². The summed E-state index contributed by atoms with van der Waals surface area (Å²) >= 11 is 0. The zero-order valence-electron chi connectivity index (χ0n) is 20.2. The second-order valence-electron chi connectivity index (χ2n) is 9.17. The zero-order chi connectivity index (χ0) is 25.7. The van der Waals surface area contributed by atoms with Gasteiger partial charge < -0.3 is 19.9 Å². The van der Waals surface area contributed by atoms with Gasteiger partial charge in [-0.3, -0.25) is 24.1 Å². The number of amides is 4. The van der Waals surface area contributed by atoms with Crippen LogP contribution in [0.4, 0.5) is 5.69 Å². The lowest BCUT2D eigenvalue weighted by molar-refractivity contribution is -0.128. The summed E-state index contributed by atoms with van der Waals surface area (Å²) in [6.45, 7) is 7.62. The largest absolute Gasteiger partial charge is 0.482 e. The highest BCUT2D eigenvalue weighted by atomic mass is 16.5. The Kier molecular flexibility index (Phi) is 5.62. The van der Waals surface area contributed by atoms with E-state index < -0.39 is 5.91 Å². The number of benzene rings is 2. The van der Waals surface area contributed by atoms with Gasteiger partial charge in [0.05, 0.1) is 17.9 Å². The summed E-state index contributed by atoms with van der Waals surface area (Å²) in [6.07, 6.45) is 1.87. The summed E-state index contributed by atoms with van der Waals surface area (Å²) in [4.78, 5) is 54.8. The fraction of sp³-hybridized carbons (Fsp3) is 0.259. The van der Waals surface area contributed by atoms with E-state index in [1.165, 1.54) is 4.90 Å². The van der Waals surface area contributed by atoms with Gasteiger partial charge >= 0.3 is 0 Å². The van der Waals surface area contributed by atoms with Crippen molar-refractivity contribution in [1.29, 1.82) is 0 Å². The molecule has 1 fully saturated rings. The Morgan fingerprint density at radius 3 is 2.56 bits per heavy atom. The zero-order valence-corrected chi connectivity index (χ0v) is 20.2. The molecule has 0 unspecified atom stereocenters. The number of nitrogens with zero attached hydrogens (tertiary/aromatic N) is 3. The molecule has 0 atom stereocenters. The van der Waals surface area contributed by atoms with Crippen LogP contribution in [-0.2, 0) is 20.9 Å². The first-order valence-corrected chi connectivity index (χ1v) is 11.6. The molecule has 4 amide bonds. The summed E-state index contributed by atoms with van der Waals surface area (Å²) in [5.41, 5.74) is 3.40. The van der Waals surface area contributed by atoms with Crippen LogP contribution in [0.5, 0.6) is 5.75 Å². The van der Waals surface area contributed by atoms with Gasteiger partial charge in [0.2, 0.25) is 0 Å². The molecule has 2 heterocycles. The maximum absolute atomic E-state index is 13.2. The number of likely N-dealkylation sites (N-methyl/N-ethyl adjacent to an activating group) is 2. The lowest BCUT2D eigenvalue weighted by atomic mass is 9.96. The Labute approximate surface area is 208 Å². The fourth-order valence-electron chi connectivity index (χ4n) is 4.49. The number of anilines is 1. The molecule has 3 aliphatic rings. The number of hydrogen-bond donors (Lipinski definition) is 1. The summed E-state index contributed by atoms with van der Waals surface area (Å²) in [5.74, 6) is -0.915. The van der Waals surface area contributed by atoms with E-state index in [0.717, 1.165) is 29.5 Å². The molecule has 36 heavy (non-hydrogen) atoms. The van der Waals surface area contributed by atoms with Crippen LogP contribution < -0.4 is 15.0 Å². The van der Waals surface area contributed by atoms with Crippen molar-refractivity contribution in [3.63, 3.8) is 0 Å². The lowest BCUT2D eigenvalue weighted by Crippen LogP contribution is -2.40. The van der Waals surface area contributed by atoms with Crippen molar-refractivity contribution in [3.05, 3.63) is 72.1 Å². The normalized spacial score (nSPS) is 16.2. The first-order chi connectivity index (χ1) is 17.2. The molecule has 5 rings (SSSR count). The molecule has 9 nitrogen and oxygen atoms in total. The van der Waals surface area contributed by atoms with Crippen molar-refractivity contribution < 1.29 is 23.9 Å². The van der Waals surface area contributed by atoms with Crippen molar-refractivity contribution in [2.75, 3.05) is 25.6 Å². The maximum Gasteiger partial charge on any atom is 0.271 e. The lowest BCUT2D eigenvalue weighted by Gasteiger charge is -2.26. The van der Waals surface area contributed by atoms with Crippen LogP contribution in [0.25, 0.3) is 11.1 Å². The fourth-order valence-corrected chi connectivity index (χ4v) is 4.49. The minimum atomic E-state index is -0.657. The number of carbonyl (C=O) groups excluding carboxylic acids is 4. The summed E-state index contributed by atoms with van der Waals surface area (Å²) < 4.78 is 5.62. The molecule has 0 bridgehead atoms. The topological polar surface area (TPSA) is 99.3 Å². The number of nitrogens with one attached hydrogen (secondary N) is 1. The minimum Gasteiger partial charge on any atom is -0.482 e. The molecule has 0 saturated heterocycles. The van der Waals surface area contributed by atoms with E-state index in [0.29, 0.717) is 17.0 Å². The molecule has 184 valence electrons. The first-order valence-electron chi connectivity index (χ1n) is 11.6. The van der Waals surface area contributed by atoms with E-state index in [1.54, 1.807) is 36.0 Å². The number of carbonyl (C=O) groups is 4. The van der Waals surface area contributed by atoms with Crippen LogP contribution in [0.1, 0.15) is 28.8 Å². The van der Waals surface area contributed by atoms with Crippen LogP contribution in [0.15, 0.2) is 61.0 Å². The van der Waals surface area contributed by atoms with E-state index in [1.807, 2.05) is 24.3 Å². The average molecular weight is 487 g/mol. The van der Waals surface area contributed by atoms with Gasteiger partial charge in [0.25, 0.3) is 23.6 Å². The van der Waals surface area contributed by atoms with Crippen LogP contribution in [0.2, 0.25) is 0 Å². The summed E-state index contributed by atoms with van der Waals surface area (Å²) in [6, 6.07) is 11.1. The van der Waals surface area contributed by atoms with Gasteiger partial charge in [0.1, 0.15) is 11.4 Å². The molecule has 2 aromatic carbocycles. The number of hydrogen-bond acceptors (Lipinski definition) is 5. The third-order valence-corrected chi connectivity index (χ3v) is 6.85. The maximum atomic E-state index is 13.2. The third kappa shape index (κ3) is 3.92. The monoisotopic (exact) mass is 486 g/mol. The van der Waals surface area contributed by atoms with Gasteiger partial charge in [-0.25, -0.2) is 0 Å². The van der Waals surface area contributed by atoms with Crippen molar-refractivity contribution in [3.8, 4) is 16.9 Å². The standard InChI is InChI=1S/C27H26N4O5/c1-15(26(34)29(3)18-9-10-18)28-25(33)16(2)31-13-21-19(6-5-7-20(21)27(31)35)17-8-11-22-23(12-17)36-14-24(32)30(22)4/h5-8,11-12,18H,1-2,9-10,13-14H2,3-4H3,(H,28,33). The molecular weight excluding hydrogens is 460 g/mol. The highest BCUT2D eigenvalue weighted by Crippen LogP contribution is 2.39. The number of ether oxygens (including phenoxy) is 1. The van der Waals surface area contributed by atoms with Gasteiger partial charge in [-0.15, -0.1) is 0 Å². The number of fused-ring (bicyclic) bond motifs is 2. The highest BCUT2D eigenvalue weighted by Gasteiger charge is 2.35. The Balaban J connectivity index is 1.35. The van der Waals surface area contributed by atoms with Crippen molar-refractivity contribution >= 4 is 29.3 Å². The summed E-state index contributed by atoms with van der Waals surface area (Å²) in [7, 11) is 3.37. The average Bonchev–Trinajstić information content (AvgIpc) is 3.67. The van der Waals surface area contributed by atoms with Crippen molar-refractivity contribution in [1.82, 2.24) is 15.1 Å². The van der Waals surface area contributed by atoms with Gasteiger partial charge in [-0.05, 0) is 47.7 Å². The molecule has 0 spiro atoms. The van der Waals surface area contributed by atoms with Gasteiger partial charge in [0, 0.05) is 25.7 Å². The molecule has 0 radical (unpaired) electrons. The smallest absolute Gasteiger partial charge is 0.271 e. The highest BCUT2D eigenvalue weighted by molar-refractivity contribution is 6.08. The first kappa shape index (κ1) is 23.3. The Bertz CT molecular complexity index is 1360. The minimum absolute atomic E-state index is 0.0364. The van der Waals surface area contributed by atoms with Crippen molar-refractivity contribution in [2.24, 2.45) is 0 Å².